The number of aliphatic hydroxyl groups excluding tert-OH is 1. The van der Waals surface area contributed by atoms with Gasteiger partial charge in [-0.15, -0.1) is 0 Å². The molecule has 0 saturated heterocycles. The molecular formula is C8H9IO. The molecule has 0 aliphatic heterocycles. The molecule has 0 fully saturated rings. The van der Waals surface area contributed by atoms with Crippen LogP contribution in [0, 0.1) is 10.5 Å². The molecule has 0 saturated carbocycles. The quantitative estimate of drug-likeness (QED) is 0.754. The number of halogens is 1. The molecule has 2 heteroatoms. The van der Waals surface area contributed by atoms with Crippen molar-refractivity contribution < 1.29 is 5.11 Å². The van der Waals surface area contributed by atoms with Gasteiger partial charge in [-0.2, -0.15) is 0 Å². The summed E-state index contributed by atoms with van der Waals surface area (Å²) in [6.07, 6.45) is 0. The van der Waals surface area contributed by atoms with E-state index in [1.165, 1.54) is 5.56 Å². The second kappa shape index (κ2) is 3.34. The molecule has 0 spiro atoms. The van der Waals surface area contributed by atoms with E-state index >= 15 is 0 Å². The summed E-state index contributed by atoms with van der Waals surface area (Å²) in [4.78, 5) is 0. The fourth-order valence-corrected chi connectivity index (χ4v) is 1.33. The maximum atomic E-state index is 8.84. The molecule has 0 bridgehead atoms. The third kappa shape index (κ3) is 1.70. The second-order valence-corrected chi connectivity index (χ2v) is 3.42. The van der Waals surface area contributed by atoms with Crippen LogP contribution in [-0.2, 0) is 6.61 Å². The van der Waals surface area contributed by atoms with Gasteiger partial charge in [0.05, 0.1) is 6.61 Å². The molecule has 1 N–H and O–H groups in total. The molecule has 1 rings (SSSR count). The van der Waals surface area contributed by atoms with Crippen LogP contribution in [0.3, 0.4) is 0 Å². The Hall–Kier alpha value is -0.0900. The van der Waals surface area contributed by atoms with Gasteiger partial charge in [0.15, 0.2) is 0 Å². The number of benzene rings is 1. The van der Waals surface area contributed by atoms with E-state index in [1.54, 1.807) is 0 Å². The van der Waals surface area contributed by atoms with Crippen molar-refractivity contribution in [2.24, 2.45) is 0 Å². The number of hydrogen-bond acceptors (Lipinski definition) is 1. The largest absolute Gasteiger partial charge is 0.392 e. The molecule has 1 nitrogen and oxygen atoms in total. The number of aryl methyl sites for hydroxylation is 1. The minimum atomic E-state index is 0.139. The fourth-order valence-electron chi connectivity index (χ4n) is 0.825. The monoisotopic (exact) mass is 248 g/mol. The van der Waals surface area contributed by atoms with Crippen LogP contribution < -0.4 is 0 Å². The number of aliphatic hydroxyl groups is 1. The van der Waals surface area contributed by atoms with E-state index in [0.29, 0.717) is 0 Å². The van der Waals surface area contributed by atoms with Crippen molar-refractivity contribution in [3.05, 3.63) is 32.9 Å². The van der Waals surface area contributed by atoms with Crippen molar-refractivity contribution in [3.63, 3.8) is 0 Å². The van der Waals surface area contributed by atoms with E-state index in [0.717, 1.165) is 9.13 Å². The van der Waals surface area contributed by atoms with Crippen molar-refractivity contribution in [1.82, 2.24) is 0 Å². The van der Waals surface area contributed by atoms with Crippen molar-refractivity contribution >= 4 is 22.6 Å². The summed E-state index contributed by atoms with van der Waals surface area (Å²) in [5.74, 6) is 0. The topological polar surface area (TPSA) is 20.2 Å². The van der Waals surface area contributed by atoms with E-state index in [-0.39, 0.29) is 6.61 Å². The Morgan fingerprint density at radius 2 is 2.20 bits per heavy atom. The van der Waals surface area contributed by atoms with E-state index in [4.69, 9.17) is 5.11 Å². The Balaban J connectivity index is 3.09. The Morgan fingerprint density at radius 3 is 2.70 bits per heavy atom. The minimum absolute atomic E-state index is 0.139. The van der Waals surface area contributed by atoms with Gasteiger partial charge in [-0.05, 0) is 41.1 Å². The fraction of sp³-hybridized carbons (Fsp3) is 0.250. The zero-order valence-electron chi connectivity index (χ0n) is 5.76. The van der Waals surface area contributed by atoms with Crippen LogP contribution in [0.4, 0.5) is 0 Å². The molecule has 0 amide bonds. The van der Waals surface area contributed by atoms with Gasteiger partial charge in [-0.1, -0.05) is 17.7 Å². The smallest absolute Gasteiger partial charge is 0.0692 e. The average Bonchev–Trinajstić information content (AvgIpc) is 1.94. The molecule has 0 aliphatic rings. The van der Waals surface area contributed by atoms with Crippen LogP contribution in [0.25, 0.3) is 0 Å². The molecule has 0 aliphatic carbocycles. The predicted molar refractivity (Wildman–Crippen MR) is 49.8 cm³/mol. The summed E-state index contributed by atoms with van der Waals surface area (Å²) in [6, 6.07) is 6.06. The van der Waals surface area contributed by atoms with Crippen molar-refractivity contribution in [2.75, 3.05) is 0 Å². The molecule has 0 radical (unpaired) electrons. The Morgan fingerprint density at radius 1 is 1.50 bits per heavy atom. The molecular weight excluding hydrogens is 239 g/mol. The van der Waals surface area contributed by atoms with Crippen LogP contribution in [-0.4, -0.2) is 5.11 Å². The lowest BCUT2D eigenvalue weighted by Gasteiger charge is -2.00. The average molecular weight is 248 g/mol. The van der Waals surface area contributed by atoms with Crippen molar-refractivity contribution in [3.8, 4) is 0 Å². The van der Waals surface area contributed by atoms with Crippen molar-refractivity contribution in [1.29, 1.82) is 0 Å². The maximum absolute atomic E-state index is 8.84. The van der Waals surface area contributed by atoms with Crippen LogP contribution in [0.2, 0.25) is 0 Å². The first-order valence-electron chi connectivity index (χ1n) is 3.10. The highest BCUT2D eigenvalue weighted by Crippen LogP contribution is 2.13. The van der Waals surface area contributed by atoms with Crippen LogP contribution in [0.15, 0.2) is 18.2 Å². The first-order valence-corrected chi connectivity index (χ1v) is 4.18. The third-order valence-electron chi connectivity index (χ3n) is 1.37. The van der Waals surface area contributed by atoms with Gasteiger partial charge in [-0.3, -0.25) is 0 Å². The maximum Gasteiger partial charge on any atom is 0.0692 e. The molecule has 0 atom stereocenters. The molecule has 0 aromatic heterocycles. The minimum Gasteiger partial charge on any atom is -0.392 e. The van der Waals surface area contributed by atoms with E-state index < -0.39 is 0 Å². The van der Waals surface area contributed by atoms with Crippen LogP contribution in [0.1, 0.15) is 11.1 Å². The summed E-state index contributed by atoms with van der Waals surface area (Å²) in [5, 5.41) is 8.84. The Labute approximate surface area is 74.2 Å². The van der Waals surface area contributed by atoms with E-state index in [1.807, 2.05) is 25.1 Å². The summed E-state index contributed by atoms with van der Waals surface area (Å²) in [7, 11) is 0. The highest BCUT2D eigenvalue weighted by atomic mass is 127. The van der Waals surface area contributed by atoms with Gasteiger partial charge >= 0.3 is 0 Å². The second-order valence-electron chi connectivity index (χ2n) is 2.25. The molecule has 0 unspecified atom stereocenters. The Bertz CT molecular complexity index is 233. The molecule has 10 heavy (non-hydrogen) atoms. The first kappa shape index (κ1) is 8.01. The van der Waals surface area contributed by atoms with Gasteiger partial charge in [0.1, 0.15) is 0 Å². The molecule has 54 valence electrons. The summed E-state index contributed by atoms with van der Waals surface area (Å²) in [5.41, 5.74) is 2.21. The summed E-state index contributed by atoms with van der Waals surface area (Å²) < 4.78 is 1.13. The summed E-state index contributed by atoms with van der Waals surface area (Å²) in [6.45, 7) is 2.16. The van der Waals surface area contributed by atoms with Gasteiger partial charge in [0.25, 0.3) is 0 Å². The lowest BCUT2D eigenvalue weighted by Crippen LogP contribution is -1.88. The SMILES string of the molecule is Cc1ccc(I)c(CO)c1. The normalized spacial score (nSPS) is 9.90. The standard InChI is InChI=1S/C8H9IO/c1-6-2-3-8(9)7(4-6)5-10/h2-4,10H,5H2,1H3. The Kier molecular flexibility index (Phi) is 2.68. The van der Waals surface area contributed by atoms with Crippen LogP contribution in [0.5, 0.6) is 0 Å². The number of hydrogen-bond donors (Lipinski definition) is 1. The van der Waals surface area contributed by atoms with E-state index in [2.05, 4.69) is 22.6 Å². The predicted octanol–water partition coefficient (Wildman–Crippen LogP) is 2.09. The molecule has 1 aromatic carbocycles. The van der Waals surface area contributed by atoms with Gasteiger partial charge in [-0.25, -0.2) is 0 Å². The molecule has 0 heterocycles. The van der Waals surface area contributed by atoms with Crippen molar-refractivity contribution in [2.45, 2.75) is 13.5 Å². The van der Waals surface area contributed by atoms with Gasteiger partial charge < -0.3 is 5.11 Å². The highest BCUT2D eigenvalue weighted by Gasteiger charge is 1.95. The molecule has 1 aromatic rings. The summed E-state index contributed by atoms with van der Waals surface area (Å²) >= 11 is 2.22. The lowest BCUT2D eigenvalue weighted by atomic mass is 10.1. The van der Waals surface area contributed by atoms with Crippen LogP contribution >= 0.6 is 22.6 Å². The number of rotatable bonds is 1. The third-order valence-corrected chi connectivity index (χ3v) is 2.42. The zero-order chi connectivity index (χ0) is 7.56. The van der Waals surface area contributed by atoms with Gasteiger partial charge in [0.2, 0.25) is 0 Å². The zero-order valence-corrected chi connectivity index (χ0v) is 7.92. The highest BCUT2D eigenvalue weighted by molar-refractivity contribution is 14.1. The van der Waals surface area contributed by atoms with E-state index in [9.17, 15) is 0 Å². The lowest BCUT2D eigenvalue weighted by molar-refractivity contribution is 0.281. The first-order chi connectivity index (χ1) is 4.74. The van der Waals surface area contributed by atoms with Gasteiger partial charge in [0, 0.05) is 3.57 Å².